The molecule has 1 fully saturated rings. The van der Waals surface area contributed by atoms with Crippen molar-refractivity contribution >= 4 is 8.32 Å². The second-order valence-electron chi connectivity index (χ2n) is 5.79. The molecule has 2 rings (SSSR count). The van der Waals surface area contributed by atoms with Crippen LogP contribution < -0.4 is 9.74 Å². The monoisotopic (exact) mass is 265 g/mol. The highest BCUT2D eigenvalue weighted by atomic mass is 28.4. The first-order valence-electron chi connectivity index (χ1n) is 6.62. The Kier molecular flexibility index (Phi) is 4.43. The summed E-state index contributed by atoms with van der Waals surface area (Å²) in [6.07, 6.45) is 1.02. The van der Waals surface area contributed by atoms with Gasteiger partial charge in [-0.1, -0.05) is 12.1 Å². The van der Waals surface area contributed by atoms with Crippen molar-refractivity contribution in [2.45, 2.75) is 32.1 Å². The first kappa shape index (κ1) is 13.6. The number of hydrogen-bond donors (Lipinski definition) is 1. The van der Waals surface area contributed by atoms with Crippen LogP contribution in [0.4, 0.5) is 0 Å². The summed E-state index contributed by atoms with van der Waals surface area (Å²) in [4.78, 5) is 0. The lowest BCUT2D eigenvalue weighted by molar-refractivity contribution is 0.0770. The van der Waals surface area contributed by atoms with Crippen LogP contribution in [0.5, 0.6) is 5.75 Å². The molecule has 0 radical (unpaired) electrons. The van der Waals surface area contributed by atoms with Gasteiger partial charge in [-0.3, -0.25) is 0 Å². The summed E-state index contributed by atoms with van der Waals surface area (Å²) in [5.41, 5.74) is 1.33. The number of morpholine rings is 1. The molecule has 0 aliphatic carbocycles. The molecule has 1 aromatic carbocycles. The van der Waals surface area contributed by atoms with E-state index in [0.717, 1.165) is 31.9 Å². The standard InChI is InChI=1S/C14H23NO2Si/c1-18(2,3)17-14-6-4-12(5-7-14)10-13-11-16-9-8-15-13/h4-7,13,15H,8-11H2,1-3H3/t13-/m1/s1. The van der Waals surface area contributed by atoms with Gasteiger partial charge >= 0.3 is 0 Å². The van der Waals surface area contributed by atoms with Crippen molar-refractivity contribution in [1.82, 2.24) is 5.32 Å². The molecule has 18 heavy (non-hydrogen) atoms. The van der Waals surface area contributed by atoms with Crippen molar-refractivity contribution in [3.05, 3.63) is 29.8 Å². The molecule has 1 N–H and O–H groups in total. The zero-order valence-corrected chi connectivity index (χ0v) is 12.5. The summed E-state index contributed by atoms with van der Waals surface area (Å²) in [5.74, 6) is 0.991. The maximum Gasteiger partial charge on any atom is 0.242 e. The summed E-state index contributed by atoms with van der Waals surface area (Å²) >= 11 is 0. The van der Waals surface area contributed by atoms with Crippen molar-refractivity contribution in [3.8, 4) is 5.75 Å². The Morgan fingerprint density at radius 3 is 2.56 bits per heavy atom. The van der Waals surface area contributed by atoms with Gasteiger partial charge in [0.05, 0.1) is 13.2 Å². The van der Waals surface area contributed by atoms with Crippen molar-refractivity contribution < 1.29 is 9.16 Å². The van der Waals surface area contributed by atoms with Gasteiger partial charge in [0, 0.05) is 12.6 Å². The Hall–Kier alpha value is -0.843. The SMILES string of the molecule is C[Si](C)(C)Oc1ccc(C[C@@H]2COCCN2)cc1. The predicted molar refractivity (Wildman–Crippen MR) is 76.7 cm³/mol. The molecule has 1 saturated heterocycles. The number of benzene rings is 1. The van der Waals surface area contributed by atoms with Crippen molar-refractivity contribution in [2.75, 3.05) is 19.8 Å². The van der Waals surface area contributed by atoms with Crippen LogP contribution in [0.15, 0.2) is 24.3 Å². The highest BCUT2D eigenvalue weighted by Gasteiger charge is 2.16. The van der Waals surface area contributed by atoms with Crippen LogP contribution in [-0.2, 0) is 11.2 Å². The normalized spacial score (nSPS) is 20.7. The smallest absolute Gasteiger partial charge is 0.242 e. The van der Waals surface area contributed by atoms with Crippen LogP contribution in [-0.4, -0.2) is 34.1 Å². The van der Waals surface area contributed by atoms with E-state index in [-0.39, 0.29) is 0 Å². The van der Waals surface area contributed by atoms with Gasteiger partial charge in [0.2, 0.25) is 8.32 Å². The molecular weight excluding hydrogens is 242 g/mol. The molecule has 1 heterocycles. The van der Waals surface area contributed by atoms with E-state index >= 15 is 0 Å². The van der Waals surface area contributed by atoms with Crippen LogP contribution in [0, 0.1) is 0 Å². The zero-order valence-electron chi connectivity index (χ0n) is 11.5. The fourth-order valence-corrected chi connectivity index (χ4v) is 2.93. The Morgan fingerprint density at radius 2 is 2.00 bits per heavy atom. The van der Waals surface area contributed by atoms with Gasteiger partial charge in [-0.15, -0.1) is 0 Å². The summed E-state index contributed by atoms with van der Waals surface area (Å²) in [6, 6.07) is 8.92. The number of hydrogen-bond acceptors (Lipinski definition) is 3. The van der Waals surface area contributed by atoms with Gasteiger partial charge in [-0.2, -0.15) is 0 Å². The average molecular weight is 265 g/mol. The van der Waals surface area contributed by atoms with Crippen molar-refractivity contribution in [3.63, 3.8) is 0 Å². The van der Waals surface area contributed by atoms with E-state index in [1.54, 1.807) is 0 Å². The molecule has 0 aromatic heterocycles. The molecule has 0 spiro atoms. The fourth-order valence-electron chi connectivity index (χ4n) is 2.08. The molecule has 1 aliphatic heterocycles. The summed E-state index contributed by atoms with van der Waals surface area (Å²) in [7, 11) is -1.49. The second-order valence-corrected chi connectivity index (χ2v) is 10.2. The highest BCUT2D eigenvalue weighted by molar-refractivity contribution is 6.70. The maximum absolute atomic E-state index is 5.95. The van der Waals surface area contributed by atoms with E-state index in [0.29, 0.717) is 6.04 Å². The first-order chi connectivity index (χ1) is 8.53. The van der Waals surface area contributed by atoms with Crippen LogP contribution in [0.1, 0.15) is 5.56 Å². The number of rotatable bonds is 4. The first-order valence-corrected chi connectivity index (χ1v) is 10.0. The Labute approximate surface area is 111 Å². The van der Waals surface area contributed by atoms with E-state index < -0.39 is 8.32 Å². The van der Waals surface area contributed by atoms with Gasteiger partial charge in [0.25, 0.3) is 0 Å². The number of nitrogens with one attached hydrogen (secondary N) is 1. The third-order valence-corrected chi connectivity index (χ3v) is 3.68. The Morgan fingerprint density at radius 1 is 1.28 bits per heavy atom. The molecule has 1 aromatic rings. The Bertz CT molecular complexity index is 366. The van der Waals surface area contributed by atoms with Gasteiger partial charge in [-0.05, 0) is 43.8 Å². The fraction of sp³-hybridized carbons (Fsp3) is 0.571. The van der Waals surface area contributed by atoms with E-state index in [4.69, 9.17) is 9.16 Å². The predicted octanol–water partition coefficient (Wildman–Crippen LogP) is 2.43. The lowest BCUT2D eigenvalue weighted by Gasteiger charge is -2.24. The van der Waals surface area contributed by atoms with E-state index in [2.05, 4.69) is 49.2 Å². The van der Waals surface area contributed by atoms with Gasteiger partial charge in [-0.25, -0.2) is 0 Å². The van der Waals surface area contributed by atoms with Gasteiger partial charge in [0.1, 0.15) is 5.75 Å². The second kappa shape index (κ2) is 5.86. The summed E-state index contributed by atoms with van der Waals surface area (Å²) < 4.78 is 11.4. The highest BCUT2D eigenvalue weighted by Crippen LogP contribution is 2.17. The van der Waals surface area contributed by atoms with Crippen molar-refractivity contribution in [2.24, 2.45) is 0 Å². The van der Waals surface area contributed by atoms with Gasteiger partial charge < -0.3 is 14.5 Å². The minimum absolute atomic E-state index is 0.447. The third-order valence-electron chi connectivity index (χ3n) is 2.83. The topological polar surface area (TPSA) is 30.5 Å². The van der Waals surface area contributed by atoms with Crippen LogP contribution >= 0.6 is 0 Å². The minimum atomic E-state index is -1.49. The number of ether oxygens (including phenoxy) is 1. The largest absolute Gasteiger partial charge is 0.544 e. The lowest BCUT2D eigenvalue weighted by atomic mass is 10.1. The summed E-state index contributed by atoms with van der Waals surface area (Å²) in [6.45, 7) is 9.20. The van der Waals surface area contributed by atoms with E-state index in [9.17, 15) is 0 Å². The average Bonchev–Trinajstić information content (AvgIpc) is 2.31. The maximum atomic E-state index is 5.95. The molecule has 0 saturated carbocycles. The molecule has 100 valence electrons. The quantitative estimate of drug-likeness (QED) is 0.848. The molecule has 0 bridgehead atoms. The van der Waals surface area contributed by atoms with E-state index in [1.807, 2.05) is 0 Å². The van der Waals surface area contributed by atoms with E-state index in [1.165, 1.54) is 5.56 Å². The molecule has 1 atom stereocenters. The van der Waals surface area contributed by atoms with Crippen LogP contribution in [0.3, 0.4) is 0 Å². The van der Waals surface area contributed by atoms with Crippen LogP contribution in [0.2, 0.25) is 19.6 Å². The molecule has 3 nitrogen and oxygen atoms in total. The lowest BCUT2D eigenvalue weighted by Crippen LogP contribution is -2.42. The zero-order chi connectivity index (χ0) is 13.0. The molecule has 0 amide bonds. The van der Waals surface area contributed by atoms with Crippen molar-refractivity contribution in [1.29, 1.82) is 0 Å². The molecule has 0 unspecified atom stereocenters. The molecular formula is C14H23NO2Si. The summed E-state index contributed by atoms with van der Waals surface area (Å²) in [5, 5.41) is 3.47. The Balaban J connectivity index is 1.90. The van der Waals surface area contributed by atoms with Gasteiger partial charge in [0.15, 0.2) is 0 Å². The van der Waals surface area contributed by atoms with Crippen LogP contribution in [0.25, 0.3) is 0 Å². The third kappa shape index (κ3) is 4.44. The molecule has 4 heteroatoms. The molecule has 1 aliphatic rings. The minimum Gasteiger partial charge on any atom is -0.544 e.